The number of carbonyl (C=O) groups excluding carboxylic acids is 1. The number of anilines is 1. The summed E-state index contributed by atoms with van der Waals surface area (Å²) in [5.41, 5.74) is 2.56. The zero-order valence-electron chi connectivity index (χ0n) is 17.1. The highest BCUT2D eigenvalue weighted by molar-refractivity contribution is 7.98. The summed E-state index contributed by atoms with van der Waals surface area (Å²) in [6.45, 7) is 4.92. The van der Waals surface area contributed by atoms with E-state index in [0.29, 0.717) is 12.1 Å². The number of pyridine rings is 1. The molecule has 8 heteroatoms. The third-order valence-corrected chi connectivity index (χ3v) is 5.69. The third-order valence-electron chi connectivity index (χ3n) is 5.02. The van der Waals surface area contributed by atoms with Crippen LogP contribution >= 0.6 is 11.8 Å². The Hall–Kier alpha value is -2.84. The number of aromatic nitrogens is 3. The zero-order chi connectivity index (χ0) is 20.9. The van der Waals surface area contributed by atoms with Crippen molar-refractivity contribution in [2.75, 3.05) is 30.9 Å². The van der Waals surface area contributed by atoms with Crippen LogP contribution in [0.1, 0.15) is 22.8 Å². The van der Waals surface area contributed by atoms with Gasteiger partial charge in [-0.15, -0.1) is 0 Å². The molecule has 1 aliphatic rings. The van der Waals surface area contributed by atoms with Crippen molar-refractivity contribution in [2.45, 2.75) is 24.7 Å². The minimum atomic E-state index is -0.108. The van der Waals surface area contributed by atoms with Crippen LogP contribution in [-0.2, 0) is 11.3 Å². The lowest BCUT2D eigenvalue weighted by atomic mass is 10.2. The highest BCUT2D eigenvalue weighted by atomic mass is 32.2. The SMILES string of the molecule is CSc1nccn1-c1ccc(C(=O)NCc2ccc(N3CCOC(C)C3)nc2)cc1. The average Bonchev–Trinajstić information content (AvgIpc) is 3.27. The molecule has 30 heavy (non-hydrogen) atoms. The number of hydrogen-bond acceptors (Lipinski definition) is 6. The normalized spacial score (nSPS) is 16.5. The number of amides is 1. The highest BCUT2D eigenvalue weighted by Gasteiger charge is 2.17. The lowest BCUT2D eigenvalue weighted by Gasteiger charge is -2.32. The van der Waals surface area contributed by atoms with E-state index >= 15 is 0 Å². The highest BCUT2D eigenvalue weighted by Crippen LogP contribution is 2.19. The Kier molecular flexibility index (Phi) is 6.35. The first-order valence-corrected chi connectivity index (χ1v) is 11.1. The Morgan fingerprint density at radius 3 is 2.77 bits per heavy atom. The van der Waals surface area contributed by atoms with E-state index < -0.39 is 0 Å². The molecule has 1 aromatic carbocycles. The third kappa shape index (κ3) is 4.66. The molecule has 0 radical (unpaired) electrons. The number of nitrogens with one attached hydrogen (secondary N) is 1. The number of nitrogens with zero attached hydrogens (tertiary/aromatic N) is 4. The van der Waals surface area contributed by atoms with E-state index in [9.17, 15) is 4.79 Å². The maximum Gasteiger partial charge on any atom is 0.251 e. The van der Waals surface area contributed by atoms with Crippen molar-refractivity contribution < 1.29 is 9.53 Å². The van der Waals surface area contributed by atoms with Crippen LogP contribution in [0.4, 0.5) is 5.82 Å². The molecule has 156 valence electrons. The minimum Gasteiger partial charge on any atom is -0.375 e. The van der Waals surface area contributed by atoms with Gasteiger partial charge in [0, 0.05) is 49.5 Å². The first-order valence-electron chi connectivity index (χ1n) is 9.91. The molecule has 1 aliphatic heterocycles. The Morgan fingerprint density at radius 2 is 2.07 bits per heavy atom. The number of benzene rings is 1. The summed E-state index contributed by atoms with van der Waals surface area (Å²) in [5.74, 6) is 0.836. The molecule has 1 fully saturated rings. The molecular formula is C22H25N5O2S. The predicted molar refractivity (Wildman–Crippen MR) is 118 cm³/mol. The average molecular weight is 424 g/mol. The Labute approximate surface area is 180 Å². The monoisotopic (exact) mass is 423 g/mol. The number of morpholine rings is 1. The maximum absolute atomic E-state index is 12.5. The van der Waals surface area contributed by atoms with Crippen LogP contribution in [0, 0.1) is 0 Å². The second-order valence-corrected chi connectivity index (χ2v) is 7.94. The standard InChI is InChI=1S/C22H25N5O2S/c1-16-15-26(11-12-29-16)20-8-3-17(13-24-20)14-25-21(28)18-4-6-19(7-5-18)27-10-9-23-22(27)30-2/h3-10,13,16H,11-12,14-15H2,1-2H3,(H,25,28). The van der Waals surface area contributed by atoms with Gasteiger partial charge in [-0.2, -0.15) is 0 Å². The molecule has 1 atom stereocenters. The largest absolute Gasteiger partial charge is 0.375 e. The Balaban J connectivity index is 1.34. The van der Waals surface area contributed by atoms with Crippen LogP contribution in [0.15, 0.2) is 60.1 Å². The Bertz CT molecular complexity index is 988. The van der Waals surface area contributed by atoms with E-state index in [1.165, 1.54) is 0 Å². The van der Waals surface area contributed by atoms with Crippen LogP contribution < -0.4 is 10.2 Å². The van der Waals surface area contributed by atoms with Crippen molar-refractivity contribution in [1.29, 1.82) is 0 Å². The first-order chi connectivity index (χ1) is 14.6. The van der Waals surface area contributed by atoms with Gasteiger partial charge in [0.05, 0.1) is 12.7 Å². The molecule has 1 amide bonds. The molecule has 0 bridgehead atoms. The van der Waals surface area contributed by atoms with Crippen LogP contribution in [0.2, 0.25) is 0 Å². The summed E-state index contributed by atoms with van der Waals surface area (Å²) in [5, 5.41) is 3.87. The fourth-order valence-electron chi connectivity index (χ4n) is 3.43. The van der Waals surface area contributed by atoms with Gasteiger partial charge in [-0.05, 0) is 49.1 Å². The summed E-state index contributed by atoms with van der Waals surface area (Å²) in [7, 11) is 0. The van der Waals surface area contributed by atoms with E-state index in [0.717, 1.165) is 41.9 Å². The van der Waals surface area contributed by atoms with E-state index in [4.69, 9.17) is 4.74 Å². The van der Waals surface area contributed by atoms with Crippen LogP contribution in [0.25, 0.3) is 5.69 Å². The molecule has 1 saturated heterocycles. The fourth-order valence-corrected chi connectivity index (χ4v) is 3.96. The number of ether oxygens (including phenoxy) is 1. The summed E-state index contributed by atoms with van der Waals surface area (Å²) < 4.78 is 7.57. The second kappa shape index (κ2) is 9.32. The van der Waals surface area contributed by atoms with Gasteiger partial charge < -0.3 is 15.0 Å². The van der Waals surface area contributed by atoms with Gasteiger partial charge in [0.2, 0.25) is 0 Å². The van der Waals surface area contributed by atoms with Gasteiger partial charge in [-0.25, -0.2) is 9.97 Å². The number of imidazole rings is 1. The molecule has 0 spiro atoms. The Morgan fingerprint density at radius 1 is 1.23 bits per heavy atom. The second-order valence-electron chi connectivity index (χ2n) is 7.17. The van der Waals surface area contributed by atoms with Crippen LogP contribution in [0.5, 0.6) is 0 Å². The van der Waals surface area contributed by atoms with Crippen molar-refractivity contribution in [3.8, 4) is 5.69 Å². The summed E-state index contributed by atoms with van der Waals surface area (Å²) >= 11 is 1.58. The van der Waals surface area contributed by atoms with Crippen molar-refractivity contribution in [2.24, 2.45) is 0 Å². The van der Waals surface area contributed by atoms with Crippen molar-refractivity contribution in [3.63, 3.8) is 0 Å². The molecule has 7 nitrogen and oxygen atoms in total. The number of carbonyl (C=O) groups is 1. The summed E-state index contributed by atoms with van der Waals surface area (Å²) in [4.78, 5) is 23.6. The van der Waals surface area contributed by atoms with Crippen LogP contribution in [0.3, 0.4) is 0 Å². The molecule has 0 saturated carbocycles. The van der Waals surface area contributed by atoms with E-state index in [1.54, 1.807) is 18.0 Å². The lowest BCUT2D eigenvalue weighted by Crippen LogP contribution is -2.41. The summed E-state index contributed by atoms with van der Waals surface area (Å²) in [6.07, 6.45) is 7.71. The summed E-state index contributed by atoms with van der Waals surface area (Å²) in [6, 6.07) is 11.5. The molecular weight excluding hydrogens is 398 g/mol. The van der Waals surface area contributed by atoms with Gasteiger partial charge >= 0.3 is 0 Å². The fraction of sp³-hybridized carbons (Fsp3) is 0.318. The smallest absolute Gasteiger partial charge is 0.251 e. The lowest BCUT2D eigenvalue weighted by molar-refractivity contribution is 0.0529. The van der Waals surface area contributed by atoms with Gasteiger partial charge in [-0.1, -0.05) is 17.8 Å². The minimum absolute atomic E-state index is 0.108. The van der Waals surface area contributed by atoms with E-state index in [1.807, 2.05) is 59.6 Å². The van der Waals surface area contributed by atoms with Crippen molar-refractivity contribution in [1.82, 2.24) is 19.9 Å². The number of rotatable bonds is 6. The van der Waals surface area contributed by atoms with Crippen molar-refractivity contribution in [3.05, 3.63) is 66.1 Å². The molecule has 4 rings (SSSR count). The maximum atomic E-state index is 12.5. The predicted octanol–water partition coefficient (Wildman–Crippen LogP) is 3.14. The van der Waals surface area contributed by atoms with Gasteiger partial charge in [0.25, 0.3) is 5.91 Å². The number of hydrogen-bond donors (Lipinski definition) is 1. The van der Waals surface area contributed by atoms with E-state index in [-0.39, 0.29) is 12.0 Å². The van der Waals surface area contributed by atoms with Gasteiger partial charge in [0.1, 0.15) is 5.82 Å². The molecule has 0 aliphatic carbocycles. The van der Waals surface area contributed by atoms with Gasteiger partial charge in [-0.3, -0.25) is 9.36 Å². The molecule has 2 aromatic heterocycles. The van der Waals surface area contributed by atoms with Crippen molar-refractivity contribution >= 4 is 23.5 Å². The molecule has 1 unspecified atom stereocenters. The topological polar surface area (TPSA) is 72.3 Å². The molecule has 3 heterocycles. The molecule has 3 aromatic rings. The molecule has 1 N–H and O–H groups in total. The van der Waals surface area contributed by atoms with Gasteiger partial charge in [0.15, 0.2) is 5.16 Å². The number of thioether (sulfide) groups is 1. The zero-order valence-corrected chi connectivity index (χ0v) is 17.9. The van der Waals surface area contributed by atoms with Crippen LogP contribution in [-0.4, -0.2) is 52.5 Å². The van der Waals surface area contributed by atoms with E-state index in [2.05, 4.69) is 27.1 Å². The quantitative estimate of drug-likeness (QED) is 0.614. The first kappa shape index (κ1) is 20.4.